The van der Waals surface area contributed by atoms with E-state index in [2.05, 4.69) is 5.32 Å². The van der Waals surface area contributed by atoms with Gasteiger partial charge in [-0.1, -0.05) is 18.2 Å². The monoisotopic (exact) mass is 332 g/mol. The minimum Gasteiger partial charge on any atom is -0.493 e. The first-order valence-corrected chi connectivity index (χ1v) is 8.60. The van der Waals surface area contributed by atoms with Crippen molar-refractivity contribution in [1.29, 1.82) is 0 Å². The minimum absolute atomic E-state index is 0.143. The van der Waals surface area contributed by atoms with Crippen molar-refractivity contribution in [2.45, 2.75) is 32.2 Å². The minimum atomic E-state index is -0.767. The van der Waals surface area contributed by atoms with Crippen LogP contribution < -0.4 is 10.1 Å². The number of hydrogen-bond donors (Lipinski definition) is 2. The van der Waals surface area contributed by atoms with E-state index in [1.807, 2.05) is 24.3 Å². The zero-order valence-corrected chi connectivity index (χ0v) is 13.7. The predicted molar refractivity (Wildman–Crippen MR) is 88.8 cm³/mol. The van der Waals surface area contributed by atoms with Gasteiger partial charge in [0.15, 0.2) is 0 Å². The van der Waals surface area contributed by atoms with Gasteiger partial charge < -0.3 is 20.1 Å². The molecule has 0 aromatic heterocycles. The molecule has 2 aliphatic rings. The summed E-state index contributed by atoms with van der Waals surface area (Å²) >= 11 is 0. The maximum atomic E-state index is 12.3. The summed E-state index contributed by atoms with van der Waals surface area (Å²) in [5, 5.41) is 11.9. The quantitative estimate of drug-likeness (QED) is 0.839. The summed E-state index contributed by atoms with van der Waals surface area (Å²) in [6, 6.07) is 7.62. The van der Waals surface area contributed by atoms with Gasteiger partial charge in [-0.15, -0.1) is 0 Å². The fourth-order valence-electron chi connectivity index (χ4n) is 2.90. The van der Waals surface area contributed by atoms with E-state index in [0.717, 1.165) is 17.9 Å². The highest BCUT2D eigenvalue weighted by molar-refractivity contribution is 5.75. The zero-order chi connectivity index (χ0) is 16.9. The number of carboxylic acids is 1. The molecule has 24 heavy (non-hydrogen) atoms. The Labute approximate surface area is 141 Å². The predicted octanol–water partition coefficient (Wildman–Crippen LogP) is 2.48. The maximum Gasteiger partial charge on any atom is 0.317 e. The van der Waals surface area contributed by atoms with Gasteiger partial charge in [-0.25, -0.2) is 4.79 Å². The van der Waals surface area contributed by atoms with Crippen LogP contribution in [0.15, 0.2) is 24.3 Å². The number of amides is 2. The molecular formula is C18H24N2O4. The number of likely N-dealkylation sites (tertiary alicyclic amines) is 1. The number of carbonyl (C=O) groups is 2. The summed E-state index contributed by atoms with van der Waals surface area (Å²) in [7, 11) is 0. The Balaban J connectivity index is 1.48. The molecule has 1 aromatic carbocycles. The summed E-state index contributed by atoms with van der Waals surface area (Å²) in [5.41, 5.74) is 0.965. The van der Waals surface area contributed by atoms with E-state index < -0.39 is 5.97 Å². The molecule has 2 N–H and O–H groups in total. The van der Waals surface area contributed by atoms with Gasteiger partial charge in [-0.3, -0.25) is 4.79 Å². The normalized spacial score (nSPS) is 18.2. The van der Waals surface area contributed by atoms with Crippen LogP contribution in [-0.4, -0.2) is 41.7 Å². The maximum absolute atomic E-state index is 12.3. The van der Waals surface area contributed by atoms with Crippen LogP contribution in [0.25, 0.3) is 0 Å². The largest absolute Gasteiger partial charge is 0.493 e. The van der Waals surface area contributed by atoms with Gasteiger partial charge in [0, 0.05) is 25.2 Å². The van der Waals surface area contributed by atoms with E-state index in [9.17, 15) is 9.59 Å². The Morgan fingerprint density at radius 1 is 1.17 bits per heavy atom. The standard InChI is InChI=1S/C18H24N2O4/c21-17(22)14-7-9-20(10-8-14)18(23)19-11-15-3-1-2-4-16(15)24-12-13-5-6-13/h1-4,13-14H,5-12H2,(H,19,23)(H,21,22). The van der Waals surface area contributed by atoms with Crippen LogP contribution in [0, 0.1) is 11.8 Å². The first-order chi connectivity index (χ1) is 11.6. The second-order valence-corrected chi connectivity index (χ2v) is 6.62. The van der Waals surface area contributed by atoms with Gasteiger partial charge in [-0.2, -0.15) is 0 Å². The molecule has 130 valence electrons. The molecule has 0 spiro atoms. The first kappa shape index (κ1) is 16.6. The molecule has 1 saturated carbocycles. The number of para-hydroxylation sites is 1. The van der Waals surface area contributed by atoms with Gasteiger partial charge in [0.25, 0.3) is 0 Å². The Bertz CT molecular complexity index is 592. The molecule has 1 aromatic rings. The summed E-state index contributed by atoms with van der Waals surface area (Å²) in [6.07, 6.45) is 3.52. The van der Waals surface area contributed by atoms with Crippen molar-refractivity contribution < 1.29 is 19.4 Å². The van der Waals surface area contributed by atoms with E-state index in [1.165, 1.54) is 12.8 Å². The molecule has 1 saturated heterocycles. The van der Waals surface area contributed by atoms with Gasteiger partial charge >= 0.3 is 12.0 Å². The molecule has 3 rings (SSSR count). The molecule has 6 heteroatoms. The van der Waals surface area contributed by atoms with Crippen molar-refractivity contribution in [2.24, 2.45) is 11.8 Å². The average Bonchev–Trinajstić information content (AvgIpc) is 3.43. The number of piperidine rings is 1. The number of nitrogens with zero attached hydrogens (tertiary/aromatic N) is 1. The summed E-state index contributed by atoms with van der Waals surface area (Å²) in [4.78, 5) is 24.9. The highest BCUT2D eigenvalue weighted by Crippen LogP contribution is 2.30. The molecule has 1 aliphatic heterocycles. The van der Waals surface area contributed by atoms with E-state index in [0.29, 0.717) is 38.4 Å². The molecule has 1 heterocycles. The fraction of sp³-hybridized carbons (Fsp3) is 0.556. The van der Waals surface area contributed by atoms with Crippen molar-refractivity contribution in [3.05, 3.63) is 29.8 Å². The van der Waals surface area contributed by atoms with E-state index >= 15 is 0 Å². The lowest BCUT2D eigenvalue weighted by Gasteiger charge is -2.30. The molecule has 0 unspecified atom stereocenters. The van der Waals surface area contributed by atoms with Crippen LogP contribution in [0.4, 0.5) is 4.79 Å². The van der Waals surface area contributed by atoms with Crippen molar-refractivity contribution in [3.63, 3.8) is 0 Å². The Hall–Kier alpha value is -2.24. The van der Waals surface area contributed by atoms with Crippen LogP contribution in [0.5, 0.6) is 5.75 Å². The molecule has 6 nitrogen and oxygen atoms in total. The molecule has 0 atom stereocenters. The first-order valence-electron chi connectivity index (χ1n) is 8.60. The molecule has 0 radical (unpaired) electrons. The van der Waals surface area contributed by atoms with E-state index in [4.69, 9.17) is 9.84 Å². The third-order valence-electron chi connectivity index (χ3n) is 4.71. The van der Waals surface area contributed by atoms with Crippen LogP contribution in [0.2, 0.25) is 0 Å². The number of hydrogen-bond acceptors (Lipinski definition) is 3. The summed E-state index contributed by atoms with van der Waals surface area (Å²) in [6.45, 7) is 2.14. The summed E-state index contributed by atoms with van der Waals surface area (Å²) in [5.74, 6) is 0.417. The zero-order valence-electron chi connectivity index (χ0n) is 13.7. The number of carboxylic acid groups (broad SMARTS) is 1. The molecule has 0 bridgehead atoms. The fourth-order valence-corrected chi connectivity index (χ4v) is 2.90. The Morgan fingerprint density at radius 2 is 1.88 bits per heavy atom. The number of ether oxygens (including phenoxy) is 1. The van der Waals surface area contributed by atoms with Crippen molar-refractivity contribution in [1.82, 2.24) is 10.2 Å². The highest BCUT2D eigenvalue weighted by Gasteiger charge is 2.27. The Kier molecular flexibility index (Phi) is 5.23. The van der Waals surface area contributed by atoms with Gasteiger partial charge in [-0.05, 0) is 37.7 Å². The number of aliphatic carboxylic acids is 1. The number of rotatable bonds is 6. The van der Waals surface area contributed by atoms with E-state index in [-0.39, 0.29) is 11.9 Å². The van der Waals surface area contributed by atoms with Crippen LogP contribution >= 0.6 is 0 Å². The Morgan fingerprint density at radius 3 is 2.54 bits per heavy atom. The van der Waals surface area contributed by atoms with Crippen LogP contribution in [-0.2, 0) is 11.3 Å². The summed E-state index contributed by atoms with van der Waals surface area (Å²) < 4.78 is 5.85. The molecule has 2 fully saturated rings. The van der Waals surface area contributed by atoms with Crippen molar-refractivity contribution in [3.8, 4) is 5.75 Å². The number of carbonyl (C=O) groups excluding carboxylic acids is 1. The number of benzene rings is 1. The van der Waals surface area contributed by atoms with Crippen LogP contribution in [0.1, 0.15) is 31.2 Å². The van der Waals surface area contributed by atoms with Gasteiger partial charge in [0.2, 0.25) is 0 Å². The topological polar surface area (TPSA) is 78.9 Å². The average molecular weight is 332 g/mol. The molecule has 1 aliphatic carbocycles. The lowest BCUT2D eigenvalue weighted by atomic mass is 9.97. The molecule has 2 amide bonds. The van der Waals surface area contributed by atoms with Crippen LogP contribution in [0.3, 0.4) is 0 Å². The van der Waals surface area contributed by atoms with Gasteiger partial charge in [0.05, 0.1) is 12.5 Å². The van der Waals surface area contributed by atoms with E-state index in [1.54, 1.807) is 4.90 Å². The third-order valence-corrected chi connectivity index (χ3v) is 4.71. The highest BCUT2D eigenvalue weighted by atomic mass is 16.5. The lowest BCUT2D eigenvalue weighted by molar-refractivity contribution is -0.143. The smallest absolute Gasteiger partial charge is 0.317 e. The van der Waals surface area contributed by atoms with Crippen molar-refractivity contribution in [2.75, 3.05) is 19.7 Å². The second kappa shape index (κ2) is 7.55. The lowest BCUT2D eigenvalue weighted by Crippen LogP contribution is -2.45. The second-order valence-electron chi connectivity index (χ2n) is 6.62. The SMILES string of the molecule is O=C(O)C1CCN(C(=O)NCc2ccccc2OCC2CC2)CC1. The number of nitrogens with one attached hydrogen (secondary N) is 1. The number of urea groups is 1. The molecular weight excluding hydrogens is 308 g/mol. The van der Waals surface area contributed by atoms with Gasteiger partial charge in [0.1, 0.15) is 5.75 Å². The third kappa shape index (κ3) is 4.40. The van der Waals surface area contributed by atoms with Crippen molar-refractivity contribution >= 4 is 12.0 Å².